The quantitative estimate of drug-likeness (QED) is 0.219. The van der Waals surface area contributed by atoms with Gasteiger partial charge in [-0.3, -0.25) is 12.2 Å². The zero-order valence-corrected chi connectivity index (χ0v) is 22.8. The number of carboxylic acids is 2. The van der Waals surface area contributed by atoms with Crippen LogP contribution in [0.25, 0.3) is 0 Å². The van der Waals surface area contributed by atoms with E-state index < -0.39 is 23.5 Å². The number of hydrogen-bond donors (Lipinski definition) is 2. The molecular weight excluding hydrogens is 563 g/mol. The van der Waals surface area contributed by atoms with Crippen LogP contribution < -0.4 is 10.2 Å². The van der Waals surface area contributed by atoms with E-state index in [0.717, 1.165) is 12.8 Å². The van der Waals surface area contributed by atoms with Crippen molar-refractivity contribution in [2.24, 2.45) is 10.8 Å². The Morgan fingerprint density at radius 1 is 0.806 bits per heavy atom. The molecule has 7 heteroatoms. The molecule has 0 aromatic carbocycles. The largest absolute Gasteiger partial charge is 4.00 e. The molecule has 0 unspecified atom stereocenters. The predicted molar refractivity (Wildman–Crippen MR) is 113 cm³/mol. The van der Waals surface area contributed by atoms with Crippen molar-refractivity contribution >= 4 is 11.9 Å². The third-order valence-electron chi connectivity index (χ3n) is 3.48. The molecule has 2 aliphatic carbocycles. The molecule has 0 aliphatic heterocycles. The summed E-state index contributed by atoms with van der Waals surface area (Å²) in [6, 6.07) is 0. The van der Waals surface area contributed by atoms with E-state index >= 15 is 0 Å². The number of aliphatic carboxylic acids is 2. The van der Waals surface area contributed by atoms with Crippen molar-refractivity contribution in [3.05, 3.63) is 72.3 Å². The second kappa shape index (κ2) is 15.6. The monoisotopic (exact) mass is 596 g/mol. The van der Waals surface area contributed by atoms with Crippen molar-refractivity contribution in [2.75, 3.05) is 0 Å². The maximum Gasteiger partial charge on any atom is 4.00 e. The second-order valence-electron chi connectivity index (χ2n) is 8.35. The van der Waals surface area contributed by atoms with E-state index in [9.17, 15) is 19.8 Å². The van der Waals surface area contributed by atoms with Crippen molar-refractivity contribution in [1.82, 2.24) is 0 Å². The van der Waals surface area contributed by atoms with Gasteiger partial charge in [0.1, 0.15) is 0 Å². The van der Waals surface area contributed by atoms with Crippen LogP contribution in [0.4, 0.5) is 0 Å². The summed E-state index contributed by atoms with van der Waals surface area (Å²) in [5, 5.41) is 34.0. The van der Waals surface area contributed by atoms with Gasteiger partial charge in [-0.05, 0) is 22.3 Å². The molecule has 0 aromatic rings. The molecule has 0 saturated heterocycles. The molecular formula is C24H32HfO6. The summed E-state index contributed by atoms with van der Waals surface area (Å²) in [5.41, 5.74) is 3.30. The van der Waals surface area contributed by atoms with Crippen LogP contribution in [0.5, 0.6) is 0 Å². The predicted octanol–water partition coefficient (Wildman–Crippen LogP) is 3.33. The van der Waals surface area contributed by atoms with Crippen LogP contribution in [-0.4, -0.2) is 22.2 Å². The van der Waals surface area contributed by atoms with E-state index in [-0.39, 0.29) is 25.8 Å². The Bertz CT molecular complexity index is 653. The average molecular weight is 595 g/mol. The summed E-state index contributed by atoms with van der Waals surface area (Å²) in [6.07, 6.45) is 17.3. The molecule has 0 amide bonds. The first kappa shape index (κ1) is 33.5. The van der Waals surface area contributed by atoms with Gasteiger partial charge in [0.15, 0.2) is 0 Å². The van der Waals surface area contributed by atoms with Gasteiger partial charge in [0, 0.05) is 0 Å². The normalized spacial score (nSPS) is 13.5. The average Bonchev–Trinajstić information content (AvgIpc) is 3.29. The van der Waals surface area contributed by atoms with Crippen LogP contribution in [0.2, 0.25) is 0 Å². The van der Waals surface area contributed by atoms with Gasteiger partial charge >= 0.3 is 37.8 Å². The minimum absolute atomic E-state index is 0. The molecule has 31 heavy (non-hydrogen) atoms. The third-order valence-corrected chi connectivity index (χ3v) is 3.48. The van der Waals surface area contributed by atoms with Gasteiger partial charge in [-0.1, -0.05) is 54.7 Å². The molecule has 6 nitrogen and oxygen atoms in total. The van der Waals surface area contributed by atoms with Crippen LogP contribution in [0.1, 0.15) is 54.4 Å². The fourth-order valence-electron chi connectivity index (χ4n) is 1.84. The first-order chi connectivity index (χ1) is 13.5. The summed E-state index contributed by atoms with van der Waals surface area (Å²) in [7, 11) is 0. The molecule has 0 aromatic heterocycles. The fraction of sp³-hybridized carbons (Fsp3) is 0.417. The summed E-state index contributed by atoms with van der Waals surface area (Å²) < 4.78 is 0. The zero-order chi connectivity index (χ0) is 24.1. The van der Waals surface area contributed by atoms with E-state index in [1.54, 1.807) is 0 Å². The van der Waals surface area contributed by atoms with Crippen molar-refractivity contribution in [1.29, 1.82) is 0 Å². The smallest absolute Gasteiger partial charge is 0.868 e. The minimum atomic E-state index is -1.49. The third kappa shape index (κ3) is 18.3. The Hall–Kier alpha value is -2.15. The van der Waals surface area contributed by atoms with Crippen LogP contribution >= 0.6 is 0 Å². The van der Waals surface area contributed by atoms with E-state index in [4.69, 9.17) is 10.2 Å². The van der Waals surface area contributed by atoms with E-state index in [2.05, 4.69) is 91.2 Å². The second-order valence-corrected chi connectivity index (χ2v) is 8.35. The Morgan fingerprint density at radius 3 is 1.10 bits per heavy atom. The van der Waals surface area contributed by atoms with Crippen molar-refractivity contribution in [3.8, 4) is 0 Å². The number of rotatable bonds is 2. The Morgan fingerprint density at radius 2 is 1.03 bits per heavy atom. The van der Waals surface area contributed by atoms with Gasteiger partial charge in [0.2, 0.25) is 0 Å². The molecule has 2 rings (SSSR count). The molecule has 0 radical (unpaired) electrons. The van der Waals surface area contributed by atoms with Gasteiger partial charge in [-0.15, -0.1) is 12.8 Å². The fourth-order valence-corrected chi connectivity index (χ4v) is 1.84. The number of carboxylic acid groups (broad SMARTS) is 2. The first-order valence-corrected chi connectivity index (χ1v) is 9.24. The van der Waals surface area contributed by atoms with Crippen molar-refractivity contribution in [2.45, 2.75) is 54.4 Å². The van der Waals surface area contributed by atoms with Crippen molar-refractivity contribution in [3.63, 3.8) is 0 Å². The van der Waals surface area contributed by atoms with Gasteiger partial charge in [0.05, 0.1) is 0 Å². The molecule has 2 N–H and O–H groups in total. The molecule has 168 valence electrons. The SMILES string of the molecule is C=C([O-])C(=O)O.C=C([O-])C(=O)O.CC(C)(C)C1=[C-]CC=C1.CC(C)(C)C1=[C-]CC=C1.[Hf+4]. The van der Waals surface area contributed by atoms with E-state index in [0.29, 0.717) is 10.8 Å². The summed E-state index contributed by atoms with van der Waals surface area (Å²) >= 11 is 0. The van der Waals surface area contributed by atoms with Crippen LogP contribution in [0.3, 0.4) is 0 Å². The summed E-state index contributed by atoms with van der Waals surface area (Å²) in [4.78, 5) is 18.6. The Labute approximate surface area is 204 Å². The van der Waals surface area contributed by atoms with Crippen LogP contribution in [-0.2, 0) is 35.4 Å². The van der Waals surface area contributed by atoms with Gasteiger partial charge in [-0.25, -0.2) is 32.9 Å². The molecule has 0 atom stereocenters. The molecule has 0 bridgehead atoms. The van der Waals surface area contributed by atoms with E-state index in [1.165, 1.54) is 11.1 Å². The maximum absolute atomic E-state index is 9.43. The van der Waals surface area contributed by atoms with Crippen LogP contribution in [0.15, 0.2) is 60.1 Å². The summed E-state index contributed by atoms with van der Waals surface area (Å²) in [5.74, 6) is -5.13. The number of hydrogen-bond acceptors (Lipinski definition) is 4. The molecule has 2 aliphatic rings. The number of allylic oxidation sites excluding steroid dienone is 8. The van der Waals surface area contributed by atoms with Gasteiger partial charge in [0.25, 0.3) is 0 Å². The Kier molecular flexibility index (Phi) is 16.9. The van der Waals surface area contributed by atoms with Crippen LogP contribution in [0, 0.1) is 23.0 Å². The molecule has 0 fully saturated rings. The Balaban J connectivity index is -0.000000341. The van der Waals surface area contributed by atoms with Gasteiger partial charge in [-0.2, -0.15) is 12.2 Å². The van der Waals surface area contributed by atoms with Gasteiger partial charge < -0.3 is 20.4 Å². The van der Waals surface area contributed by atoms with E-state index in [1.807, 2.05) is 0 Å². The molecule has 0 heterocycles. The molecule has 0 saturated carbocycles. The standard InChI is InChI=1S/2C9H13.2C3H4O3.Hf/c2*1-9(2,3)8-6-4-5-7-8;2*1-2(4)3(5)6;/h2*4,6H,5H2,1-3H3;2*4H,1H2,(H,5,6);/q2*-1;;;+4/p-2. The minimum Gasteiger partial charge on any atom is -0.868 e. The topological polar surface area (TPSA) is 121 Å². The zero-order valence-electron chi connectivity index (χ0n) is 19.2. The number of carbonyl (C=O) groups is 2. The maximum atomic E-state index is 9.43. The molecule has 0 spiro atoms. The summed E-state index contributed by atoms with van der Waals surface area (Å²) in [6.45, 7) is 18.5. The first-order valence-electron chi connectivity index (χ1n) is 9.24. The van der Waals surface area contributed by atoms with Crippen molar-refractivity contribution < 1.29 is 55.9 Å².